The van der Waals surface area contributed by atoms with Crippen LogP contribution in [-0.2, 0) is 9.53 Å². The fourth-order valence-electron chi connectivity index (χ4n) is 1.82. The molecule has 6 heteroatoms. The number of rotatable bonds is 5. The molecular weight excluding hydrogens is 253 g/mol. The van der Waals surface area contributed by atoms with Gasteiger partial charge in [-0.3, -0.25) is 4.79 Å². The quantitative estimate of drug-likeness (QED) is 0.836. The van der Waals surface area contributed by atoms with Crippen LogP contribution in [-0.4, -0.2) is 36.2 Å². The second-order valence-electron chi connectivity index (χ2n) is 4.51. The summed E-state index contributed by atoms with van der Waals surface area (Å²) in [6, 6.07) is 3.99. The third-order valence-corrected chi connectivity index (χ3v) is 2.99. The maximum Gasteiger partial charge on any atom is 0.326 e. The normalized spacial score (nSPS) is 16.5. The molecule has 19 heavy (non-hydrogen) atoms. The summed E-state index contributed by atoms with van der Waals surface area (Å²) < 4.78 is 17.7. The number of hydrogen-bond acceptors (Lipinski definition) is 3. The largest absolute Gasteiger partial charge is 0.480 e. The first-order valence-corrected chi connectivity index (χ1v) is 5.93. The van der Waals surface area contributed by atoms with Crippen molar-refractivity contribution in [3.63, 3.8) is 0 Å². The van der Waals surface area contributed by atoms with Crippen molar-refractivity contribution in [2.24, 2.45) is 5.92 Å². The fourth-order valence-corrected chi connectivity index (χ4v) is 1.82. The number of carbonyl (C=O) groups excluding carboxylic acids is 1. The minimum atomic E-state index is -1.08. The number of carboxylic acids is 1. The molecule has 0 spiro atoms. The highest BCUT2D eigenvalue weighted by Crippen LogP contribution is 2.17. The number of halogens is 1. The highest BCUT2D eigenvalue weighted by Gasteiger charge is 2.28. The van der Waals surface area contributed by atoms with Crippen molar-refractivity contribution >= 4 is 11.9 Å². The van der Waals surface area contributed by atoms with E-state index in [9.17, 15) is 14.0 Å². The molecule has 1 saturated heterocycles. The monoisotopic (exact) mass is 267 g/mol. The van der Waals surface area contributed by atoms with Crippen LogP contribution in [0.3, 0.4) is 0 Å². The van der Waals surface area contributed by atoms with Gasteiger partial charge in [0.15, 0.2) is 0 Å². The molecule has 2 rings (SSSR count). The van der Waals surface area contributed by atoms with E-state index in [1.807, 2.05) is 0 Å². The second kappa shape index (κ2) is 5.79. The van der Waals surface area contributed by atoms with Gasteiger partial charge in [0.05, 0.1) is 13.2 Å². The van der Waals surface area contributed by atoms with E-state index in [1.54, 1.807) is 0 Å². The lowest BCUT2D eigenvalue weighted by Crippen LogP contribution is -2.44. The summed E-state index contributed by atoms with van der Waals surface area (Å²) in [5, 5.41) is 11.5. The smallest absolute Gasteiger partial charge is 0.326 e. The number of ether oxygens (including phenoxy) is 1. The molecule has 1 aromatic rings. The van der Waals surface area contributed by atoms with Crippen molar-refractivity contribution in [1.29, 1.82) is 0 Å². The number of hydrogen-bond donors (Lipinski definition) is 2. The Labute approximate surface area is 109 Å². The number of aliphatic carboxylic acids is 1. The summed E-state index contributed by atoms with van der Waals surface area (Å²) >= 11 is 0. The van der Waals surface area contributed by atoms with Gasteiger partial charge in [0.2, 0.25) is 0 Å². The topological polar surface area (TPSA) is 75.6 Å². The molecule has 1 aliphatic rings. The molecular formula is C13H14FNO4. The predicted octanol–water partition coefficient (Wildman–Crippen LogP) is 1.05. The molecule has 0 aromatic heterocycles. The van der Waals surface area contributed by atoms with Crippen LogP contribution in [0.4, 0.5) is 4.39 Å². The van der Waals surface area contributed by atoms with Crippen LogP contribution in [0.25, 0.3) is 0 Å². The number of nitrogens with one attached hydrogen (secondary N) is 1. The zero-order valence-corrected chi connectivity index (χ0v) is 10.1. The summed E-state index contributed by atoms with van der Waals surface area (Å²) in [4.78, 5) is 22.9. The van der Waals surface area contributed by atoms with Crippen LogP contribution in [0.1, 0.15) is 16.8 Å². The van der Waals surface area contributed by atoms with Crippen molar-refractivity contribution < 1.29 is 23.8 Å². The molecule has 1 heterocycles. The van der Waals surface area contributed by atoms with Gasteiger partial charge >= 0.3 is 5.97 Å². The molecule has 2 N–H and O–H groups in total. The minimum Gasteiger partial charge on any atom is -0.480 e. The van der Waals surface area contributed by atoms with E-state index in [0.717, 1.165) is 12.1 Å². The first kappa shape index (κ1) is 13.5. The first-order chi connectivity index (χ1) is 9.06. The lowest BCUT2D eigenvalue weighted by Gasteiger charge is -2.28. The van der Waals surface area contributed by atoms with E-state index in [0.29, 0.717) is 19.6 Å². The van der Waals surface area contributed by atoms with Gasteiger partial charge in [0.1, 0.15) is 11.9 Å². The van der Waals surface area contributed by atoms with Crippen molar-refractivity contribution in [3.05, 3.63) is 35.6 Å². The molecule has 0 aliphatic carbocycles. The predicted molar refractivity (Wildman–Crippen MR) is 64.2 cm³/mol. The van der Waals surface area contributed by atoms with Gasteiger partial charge < -0.3 is 15.2 Å². The minimum absolute atomic E-state index is 0.162. The summed E-state index contributed by atoms with van der Waals surface area (Å²) in [5.74, 6) is -1.89. The molecule has 5 nitrogen and oxygen atoms in total. The Morgan fingerprint density at radius 3 is 2.47 bits per heavy atom. The van der Waals surface area contributed by atoms with Gasteiger partial charge in [-0.2, -0.15) is 0 Å². The maximum atomic E-state index is 12.7. The lowest BCUT2D eigenvalue weighted by molar-refractivity contribution is -0.141. The van der Waals surface area contributed by atoms with Crippen LogP contribution in [0.2, 0.25) is 0 Å². The molecule has 0 radical (unpaired) electrons. The number of benzene rings is 1. The molecule has 102 valence electrons. The summed E-state index contributed by atoms with van der Waals surface area (Å²) in [7, 11) is 0. The highest BCUT2D eigenvalue weighted by molar-refractivity contribution is 5.96. The molecule has 1 atom stereocenters. The average Bonchev–Trinajstić information content (AvgIpc) is 2.32. The van der Waals surface area contributed by atoms with Gasteiger partial charge in [-0.25, -0.2) is 9.18 Å². The average molecular weight is 267 g/mol. The molecule has 1 unspecified atom stereocenters. The van der Waals surface area contributed by atoms with Crippen molar-refractivity contribution in [2.75, 3.05) is 13.2 Å². The SMILES string of the molecule is O=C(NC(CC1COC1)C(=O)O)c1ccc(F)cc1. The maximum absolute atomic E-state index is 12.7. The highest BCUT2D eigenvalue weighted by atomic mass is 19.1. The van der Waals surface area contributed by atoms with Crippen LogP contribution in [0.15, 0.2) is 24.3 Å². The van der Waals surface area contributed by atoms with E-state index >= 15 is 0 Å². The summed E-state index contributed by atoms with van der Waals surface area (Å²) in [6.45, 7) is 1.05. The molecule has 0 saturated carbocycles. The second-order valence-corrected chi connectivity index (χ2v) is 4.51. The van der Waals surface area contributed by atoms with Gasteiger partial charge in [-0.05, 0) is 30.7 Å². The van der Waals surface area contributed by atoms with Crippen molar-refractivity contribution in [2.45, 2.75) is 12.5 Å². The van der Waals surface area contributed by atoms with E-state index in [1.165, 1.54) is 12.1 Å². The Hall–Kier alpha value is -1.95. The van der Waals surface area contributed by atoms with Crippen LogP contribution in [0, 0.1) is 11.7 Å². The van der Waals surface area contributed by atoms with E-state index in [2.05, 4.69) is 5.32 Å². The van der Waals surface area contributed by atoms with Crippen LogP contribution in [0.5, 0.6) is 0 Å². The summed E-state index contributed by atoms with van der Waals surface area (Å²) in [6.07, 6.45) is 0.336. The third kappa shape index (κ3) is 3.51. The van der Waals surface area contributed by atoms with Gasteiger partial charge in [0, 0.05) is 11.5 Å². The summed E-state index contributed by atoms with van der Waals surface area (Å²) in [5.41, 5.74) is 0.234. The van der Waals surface area contributed by atoms with Crippen LogP contribution < -0.4 is 5.32 Å². The zero-order chi connectivity index (χ0) is 13.8. The molecule has 1 fully saturated rings. The Balaban J connectivity index is 1.97. The molecule has 1 aromatic carbocycles. The number of carbonyl (C=O) groups is 2. The molecule has 1 amide bonds. The Morgan fingerprint density at radius 2 is 2.00 bits per heavy atom. The fraction of sp³-hybridized carbons (Fsp3) is 0.385. The third-order valence-electron chi connectivity index (χ3n) is 2.99. The van der Waals surface area contributed by atoms with E-state index < -0.39 is 23.7 Å². The molecule has 1 aliphatic heterocycles. The Kier molecular flexibility index (Phi) is 4.11. The van der Waals surface area contributed by atoms with Crippen molar-refractivity contribution in [3.8, 4) is 0 Å². The van der Waals surface area contributed by atoms with Gasteiger partial charge in [-0.1, -0.05) is 0 Å². The van der Waals surface area contributed by atoms with Gasteiger partial charge in [-0.15, -0.1) is 0 Å². The first-order valence-electron chi connectivity index (χ1n) is 5.93. The van der Waals surface area contributed by atoms with Gasteiger partial charge in [0.25, 0.3) is 5.91 Å². The van der Waals surface area contributed by atoms with E-state index in [-0.39, 0.29) is 11.5 Å². The van der Waals surface area contributed by atoms with Crippen molar-refractivity contribution in [1.82, 2.24) is 5.32 Å². The number of carboxylic acid groups (broad SMARTS) is 1. The Morgan fingerprint density at radius 1 is 1.37 bits per heavy atom. The van der Waals surface area contributed by atoms with Crippen LogP contribution >= 0.6 is 0 Å². The molecule has 0 bridgehead atoms. The Bertz CT molecular complexity index is 470. The number of amides is 1. The lowest BCUT2D eigenvalue weighted by atomic mass is 9.98. The standard InChI is InChI=1S/C13H14FNO4/c14-10-3-1-9(2-4-10)12(16)15-11(13(17)18)5-8-6-19-7-8/h1-4,8,11H,5-7H2,(H,15,16)(H,17,18). The van der Waals surface area contributed by atoms with E-state index in [4.69, 9.17) is 9.84 Å². The zero-order valence-electron chi connectivity index (χ0n) is 10.1.